The molecule has 1 aliphatic heterocycles. The maximum atomic E-state index is 13.4. The standard InChI is InChI=1S/C24H29FN4O3/c1-24(2,3)26-23(31)28(4)15-22(30)29-21(17-8-12-19(32-5)13-9-17)14-20(27-29)16-6-10-18(25)11-7-16/h6-13,21H,14-15H2,1-5H3,(H,26,31)/t21-/m0/s1. The second kappa shape index (κ2) is 9.38. The van der Waals surface area contributed by atoms with Crippen molar-refractivity contribution < 1.29 is 18.7 Å². The fraction of sp³-hybridized carbons (Fsp3) is 0.375. The number of urea groups is 1. The van der Waals surface area contributed by atoms with E-state index in [1.54, 1.807) is 26.3 Å². The lowest BCUT2D eigenvalue weighted by molar-refractivity contribution is -0.133. The van der Waals surface area contributed by atoms with Gasteiger partial charge in [-0.05, 0) is 56.2 Å². The second-order valence-electron chi connectivity index (χ2n) is 8.82. The average molecular weight is 441 g/mol. The van der Waals surface area contributed by atoms with Crippen molar-refractivity contribution in [2.24, 2.45) is 5.10 Å². The number of hydrogen-bond acceptors (Lipinski definition) is 4. The minimum Gasteiger partial charge on any atom is -0.497 e. The highest BCUT2D eigenvalue weighted by molar-refractivity contribution is 6.03. The highest BCUT2D eigenvalue weighted by Crippen LogP contribution is 2.33. The van der Waals surface area contributed by atoms with Crippen LogP contribution in [0.15, 0.2) is 53.6 Å². The van der Waals surface area contributed by atoms with E-state index in [0.717, 1.165) is 11.1 Å². The molecule has 0 spiro atoms. The lowest BCUT2D eigenvalue weighted by Crippen LogP contribution is -2.49. The van der Waals surface area contributed by atoms with Crippen molar-refractivity contribution in [3.05, 3.63) is 65.5 Å². The number of ether oxygens (including phenoxy) is 1. The van der Waals surface area contributed by atoms with Gasteiger partial charge in [0.15, 0.2) is 0 Å². The molecule has 2 aromatic rings. The largest absolute Gasteiger partial charge is 0.497 e. The molecule has 7 nitrogen and oxygen atoms in total. The van der Waals surface area contributed by atoms with Crippen molar-refractivity contribution in [2.45, 2.75) is 38.8 Å². The van der Waals surface area contributed by atoms with Crippen LogP contribution in [-0.4, -0.2) is 53.8 Å². The molecule has 0 aromatic heterocycles. The van der Waals surface area contributed by atoms with Gasteiger partial charge in [-0.3, -0.25) is 4.79 Å². The number of nitrogens with zero attached hydrogens (tertiary/aromatic N) is 3. The Hall–Kier alpha value is -3.42. The zero-order valence-electron chi connectivity index (χ0n) is 19.1. The summed E-state index contributed by atoms with van der Waals surface area (Å²) in [6, 6.07) is 12.8. The minimum absolute atomic E-state index is 0.130. The number of hydrazone groups is 1. The van der Waals surface area contributed by atoms with Crippen LogP contribution in [-0.2, 0) is 4.79 Å². The average Bonchev–Trinajstić information content (AvgIpc) is 3.18. The van der Waals surface area contributed by atoms with E-state index in [0.29, 0.717) is 17.9 Å². The lowest BCUT2D eigenvalue weighted by Gasteiger charge is -2.28. The first kappa shape index (κ1) is 23.2. The third-order valence-corrected chi connectivity index (χ3v) is 5.04. The predicted molar refractivity (Wildman–Crippen MR) is 121 cm³/mol. The van der Waals surface area contributed by atoms with Gasteiger partial charge in [0, 0.05) is 19.0 Å². The molecule has 0 saturated heterocycles. The number of halogens is 1. The molecule has 1 N–H and O–H groups in total. The van der Waals surface area contributed by atoms with E-state index in [1.807, 2.05) is 45.0 Å². The molecule has 2 aromatic carbocycles. The molecule has 3 rings (SSSR count). The quantitative estimate of drug-likeness (QED) is 0.765. The number of nitrogens with one attached hydrogen (secondary N) is 1. The molecule has 170 valence electrons. The number of carbonyl (C=O) groups is 2. The second-order valence-corrected chi connectivity index (χ2v) is 8.82. The Morgan fingerprint density at radius 3 is 2.34 bits per heavy atom. The van der Waals surface area contributed by atoms with Crippen LogP contribution in [0.1, 0.15) is 44.4 Å². The zero-order chi connectivity index (χ0) is 23.5. The van der Waals surface area contributed by atoms with Crippen LogP contribution in [0.3, 0.4) is 0 Å². The van der Waals surface area contributed by atoms with Crippen LogP contribution in [0.25, 0.3) is 0 Å². The first-order chi connectivity index (χ1) is 15.1. The summed E-state index contributed by atoms with van der Waals surface area (Å²) in [6.07, 6.45) is 0.474. The van der Waals surface area contributed by atoms with Crippen LogP contribution in [0.5, 0.6) is 5.75 Å². The molecule has 0 fully saturated rings. The number of carbonyl (C=O) groups excluding carboxylic acids is 2. The number of likely N-dealkylation sites (N-methyl/N-ethyl adjacent to an activating group) is 1. The molecule has 32 heavy (non-hydrogen) atoms. The van der Waals surface area contributed by atoms with Gasteiger partial charge in [0.1, 0.15) is 18.1 Å². The Labute approximate surface area is 187 Å². The minimum atomic E-state index is -0.415. The smallest absolute Gasteiger partial charge is 0.318 e. The topological polar surface area (TPSA) is 74.2 Å². The van der Waals surface area contributed by atoms with Crippen molar-refractivity contribution >= 4 is 17.6 Å². The molecule has 1 atom stereocenters. The first-order valence-corrected chi connectivity index (χ1v) is 10.4. The molecule has 3 amide bonds. The van der Waals surface area contributed by atoms with Gasteiger partial charge < -0.3 is 15.0 Å². The fourth-order valence-corrected chi connectivity index (χ4v) is 3.41. The van der Waals surface area contributed by atoms with E-state index < -0.39 is 5.54 Å². The van der Waals surface area contributed by atoms with Gasteiger partial charge in [-0.2, -0.15) is 5.10 Å². The number of benzene rings is 2. The predicted octanol–water partition coefficient (Wildman–Crippen LogP) is 3.95. The number of amides is 3. The van der Waals surface area contributed by atoms with Gasteiger partial charge in [0.25, 0.3) is 5.91 Å². The summed E-state index contributed by atoms with van der Waals surface area (Å²) in [6.45, 7) is 5.49. The maximum Gasteiger partial charge on any atom is 0.318 e. The van der Waals surface area contributed by atoms with E-state index in [1.165, 1.54) is 22.0 Å². The van der Waals surface area contributed by atoms with Gasteiger partial charge in [-0.1, -0.05) is 24.3 Å². The van der Waals surface area contributed by atoms with Crippen LogP contribution in [0.4, 0.5) is 9.18 Å². The maximum absolute atomic E-state index is 13.4. The molecule has 0 radical (unpaired) electrons. The van der Waals surface area contributed by atoms with Gasteiger partial charge in [0.2, 0.25) is 0 Å². The summed E-state index contributed by atoms with van der Waals surface area (Å²) in [7, 11) is 3.16. The van der Waals surface area contributed by atoms with E-state index in [2.05, 4.69) is 10.4 Å². The van der Waals surface area contributed by atoms with Gasteiger partial charge in [-0.15, -0.1) is 0 Å². The Kier molecular flexibility index (Phi) is 6.81. The third-order valence-electron chi connectivity index (χ3n) is 5.04. The van der Waals surface area contributed by atoms with Crippen molar-refractivity contribution in [3.8, 4) is 5.75 Å². The Morgan fingerprint density at radius 1 is 1.16 bits per heavy atom. The van der Waals surface area contributed by atoms with Crippen molar-refractivity contribution in [2.75, 3.05) is 20.7 Å². The summed E-state index contributed by atoms with van der Waals surface area (Å²) in [5.74, 6) is 0.0656. The fourth-order valence-electron chi connectivity index (χ4n) is 3.41. The van der Waals surface area contributed by atoms with Crippen LogP contribution in [0.2, 0.25) is 0 Å². The van der Waals surface area contributed by atoms with Gasteiger partial charge in [-0.25, -0.2) is 14.2 Å². The molecule has 0 bridgehead atoms. The van der Waals surface area contributed by atoms with Gasteiger partial charge >= 0.3 is 6.03 Å². The zero-order valence-corrected chi connectivity index (χ0v) is 19.1. The van der Waals surface area contributed by atoms with Crippen LogP contribution < -0.4 is 10.1 Å². The van der Waals surface area contributed by atoms with E-state index >= 15 is 0 Å². The van der Waals surface area contributed by atoms with E-state index in [9.17, 15) is 14.0 Å². The molecule has 1 heterocycles. The SMILES string of the molecule is COc1ccc([C@@H]2CC(c3ccc(F)cc3)=NN2C(=O)CN(C)C(=O)NC(C)(C)C)cc1. The van der Waals surface area contributed by atoms with Crippen molar-refractivity contribution in [1.29, 1.82) is 0 Å². The van der Waals surface area contributed by atoms with Crippen LogP contribution in [0, 0.1) is 5.82 Å². The van der Waals surface area contributed by atoms with Crippen molar-refractivity contribution in [1.82, 2.24) is 15.2 Å². The Morgan fingerprint density at radius 2 is 1.78 bits per heavy atom. The Balaban J connectivity index is 1.85. The first-order valence-electron chi connectivity index (χ1n) is 10.4. The summed E-state index contributed by atoms with van der Waals surface area (Å²) >= 11 is 0. The van der Waals surface area contributed by atoms with Gasteiger partial charge in [0.05, 0.1) is 18.9 Å². The molecule has 0 aliphatic carbocycles. The molecule has 0 saturated carbocycles. The highest BCUT2D eigenvalue weighted by atomic mass is 19.1. The normalized spacial score (nSPS) is 15.9. The van der Waals surface area contributed by atoms with Crippen LogP contribution >= 0.6 is 0 Å². The lowest BCUT2D eigenvalue weighted by atomic mass is 9.98. The summed E-state index contributed by atoms with van der Waals surface area (Å²) in [5, 5.41) is 8.82. The molecular weight excluding hydrogens is 411 g/mol. The third kappa shape index (κ3) is 5.63. The number of rotatable bonds is 5. The monoisotopic (exact) mass is 440 g/mol. The molecule has 1 aliphatic rings. The summed E-state index contributed by atoms with van der Waals surface area (Å²) in [4.78, 5) is 26.9. The van der Waals surface area contributed by atoms with E-state index in [4.69, 9.17) is 4.74 Å². The summed E-state index contributed by atoms with van der Waals surface area (Å²) < 4.78 is 18.6. The van der Waals surface area contributed by atoms with E-state index in [-0.39, 0.29) is 30.3 Å². The molecule has 0 unspecified atom stereocenters. The summed E-state index contributed by atoms with van der Waals surface area (Å²) in [5.41, 5.74) is 1.91. The molecule has 8 heteroatoms. The van der Waals surface area contributed by atoms with Crippen molar-refractivity contribution in [3.63, 3.8) is 0 Å². The highest BCUT2D eigenvalue weighted by Gasteiger charge is 2.34. The number of methoxy groups -OCH3 is 1. The molecular formula is C24H29FN4O3. The Bertz CT molecular complexity index is 997. The number of hydrogen-bond donors (Lipinski definition) is 1.